The van der Waals surface area contributed by atoms with E-state index in [0.29, 0.717) is 5.58 Å². The van der Waals surface area contributed by atoms with E-state index >= 15 is 0 Å². The van der Waals surface area contributed by atoms with Gasteiger partial charge in [-0.1, -0.05) is 28.9 Å². The Morgan fingerprint density at radius 3 is 2.82 bits per heavy atom. The predicted octanol–water partition coefficient (Wildman–Crippen LogP) is 3.51. The lowest BCUT2D eigenvalue weighted by atomic mass is 10.1. The quantitative estimate of drug-likeness (QED) is 0.689. The van der Waals surface area contributed by atoms with Crippen LogP contribution in [0.5, 0.6) is 5.75 Å². The molecule has 0 aliphatic carbocycles. The zero-order chi connectivity index (χ0) is 11.8. The van der Waals surface area contributed by atoms with Crippen LogP contribution in [0.2, 0.25) is 0 Å². The lowest BCUT2D eigenvalue weighted by molar-refractivity contribution is 0.451. The highest BCUT2D eigenvalue weighted by molar-refractivity contribution is 5.92. The molecule has 3 heteroatoms. The van der Waals surface area contributed by atoms with Crippen LogP contribution in [0.4, 0.5) is 0 Å². The SMILES string of the molecule is Cc1cccc(-c2noc3cc(O)ccc23)c1. The van der Waals surface area contributed by atoms with Crippen molar-refractivity contribution in [2.75, 3.05) is 0 Å². The molecule has 3 nitrogen and oxygen atoms in total. The Morgan fingerprint density at radius 2 is 2.00 bits per heavy atom. The van der Waals surface area contributed by atoms with Crippen molar-refractivity contribution in [2.45, 2.75) is 6.92 Å². The molecule has 1 aromatic heterocycles. The molecule has 0 fully saturated rings. The molecule has 0 saturated heterocycles. The molecule has 0 spiro atoms. The number of benzene rings is 2. The van der Waals surface area contributed by atoms with Gasteiger partial charge in [-0.15, -0.1) is 0 Å². The van der Waals surface area contributed by atoms with Gasteiger partial charge in [0.15, 0.2) is 5.58 Å². The summed E-state index contributed by atoms with van der Waals surface area (Å²) in [5, 5.41) is 14.3. The van der Waals surface area contributed by atoms with E-state index in [0.717, 1.165) is 16.6 Å². The van der Waals surface area contributed by atoms with Crippen LogP contribution in [0.3, 0.4) is 0 Å². The lowest BCUT2D eigenvalue weighted by Gasteiger charge is -1.98. The third-order valence-electron chi connectivity index (χ3n) is 2.75. The van der Waals surface area contributed by atoms with Gasteiger partial charge in [0.25, 0.3) is 0 Å². The lowest BCUT2D eigenvalue weighted by Crippen LogP contribution is -1.79. The molecule has 1 N–H and O–H groups in total. The second-order valence-corrected chi connectivity index (χ2v) is 4.08. The van der Waals surface area contributed by atoms with Gasteiger partial charge in [0.05, 0.1) is 0 Å². The number of hydrogen-bond donors (Lipinski definition) is 1. The number of aryl methyl sites for hydroxylation is 1. The van der Waals surface area contributed by atoms with Crippen LogP contribution in [0.25, 0.3) is 22.2 Å². The third-order valence-corrected chi connectivity index (χ3v) is 2.75. The van der Waals surface area contributed by atoms with Crippen molar-refractivity contribution in [1.82, 2.24) is 5.16 Å². The summed E-state index contributed by atoms with van der Waals surface area (Å²) in [4.78, 5) is 0. The molecule has 0 aliphatic heterocycles. The van der Waals surface area contributed by atoms with E-state index in [2.05, 4.69) is 11.2 Å². The molecular formula is C14H11NO2. The minimum absolute atomic E-state index is 0.185. The van der Waals surface area contributed by atoms with Crippen molar-refractivity contribution in [3.8, 4) is 17.0 Å². The van der Waals surface area contributed by atoms with Crippen molar-refractivity contribution in [2.24, 2.45) is 0 Å². The molecule has 2 aromatic carbocycles. The van der Waals surface area contributed by atoms with Crippen LogP contribution in [0.15, 0.2) is 47.0 Å². The van der Waals surface area contributed by atoms with Crippen molar-refractivity contribution in [1.29, 1.82) is 0 Å². The second-order valence-electron chi connectivity index (χ2n) is 4.08. The molecule has 17 heavy (non-hydrogen) atoms. The molecule has 0 saturated carbocycles. The van der Waals surface area contributed by atoms with Gasteiger partial charge in [-0.3, -0.25) is 0 Å². The van der Waals surface area contributed by atoms with E-state index in [-0.39, 0.29) is 5.75 Å². The number of rotatable bonds is 1. The average molecular weight is 225 g/mol. The molecule has 0 aliphatic rings. The van der Waals surface area contributed by atoms with Gasteiger partial charge in [0.1, 0.15) is 11.4 Å². The van der Waals surface area contributed by atoms with Crippen molar-refractivity contribution < 1.29 is 9.63 Å². The summed E-state index contributed by atoms with van der Waals surface area (Å²) in [5.41, 5.74) is 3.61. The Morgan fingerprint density at radius 1 is 1.12 bits per heavy atom. The molecule has 0 bridgehead atoms. The summed E-state index contributed by atoms with van der Waals surface area (Å²) in [6.45, 7) is 2.04. The third kappa shape index (κ3) is 1.65. The van der Waals surface area contributed by atoms with Crippen LogP contribution >= 0.6 is 0 Å². The van der Waals surface area contributed by atoms with Crippen molar-refractivity contribution in [3.63, 3.8) is 0 Å². The fraction of sp³-hybridized carbons (Fsp3) is 0.0714. The van der Waals surface area contributed by atoms with E-state index in [1.165, 1.54) is 5.56 Å². The molecule has 3 aromatic rings. The zero-order valence-corrected chi connectivity index (χ0v) is 9.34. The predicted molar refractivity (Wildman–Crippen MR) is 65.8 cm³/mol. The van der Waals surface area contributed by atoms with Gasteiger partial charge >= 0.3 is 0 Å². The first kappa shape index (κ1) is 9.90. The number of aromatic hydroxyl groups is 1. The molecular weight excluding hydrogens is 214 g/mol. The van der Waals surface area contributed by atoms with Gasteiger partial charge in [-0.05, 0) is 25.1 Å². The number of nitrogens with zero attached hydrogens (tertiary/aromatic N) is 1. The number of aromatic nitrogens is 1. The van der Waals surface area contributed by atoms with Gasteiger partial charge in [-0.2, -0.15) is 0 Å². The number of fused-ring (bicyclic) bond motifs is 1. The molecule has 0 radical (unpaired) electrons. The van der Waals surface area contributed by atoms with Crippen LogP contribution < -0.4 is 0 Å². The summed E-state index contributed by atoms with van der Waals surface area (Å²) in [6, 6.07) is 13.1. The largest absolute Gasteiger partial charge is 0.508 e. The molecule has 84 valence electrons. The van der Waals surface area contributed by atoms with Gasteiger partial charge in [0.2, 0.25) is 0 Å². The van der Waals surface area contributed by atoms with E-state index in [1.807, 2.05) is 31.2 Å². The van der Waals surface area contributed by atoms with Crippen LogP contribution in [-0.4, -0.2) is 10.3 Å². The highest BCUT2D eigenvalue weighted by Crippen LogP contribution is 2.30. The van der Waals surface area contributed by atoms with Gasteiger partial charge in [-0.25, -0.2) is 0 Å². The summed E-state index contributed by atoms with van der Waals surface area (Å²) < 4.78 is 5.21. The second kappa shape index (κ2) is 3.63. The molecule has 1 heterocycles. The molecule has 0 amide bonds. The topological polar surface area (TPSA) is 46.3 Å². The van der Waals surface area contributed by atoms with Gasteiger partial charge < -0.3 is 9.63 Å². The van der Waals surface area contributed by atoms with Crippen LogP contribution in [0, 0.1) is 6.92 Å². The van der Waals surface area contributed by atoms with Crippen molar-refractivity contribution >= 4 is 11.0 Å². The van der Waals surface area contributed by atoms with Gasteiger partial charge in [0, 0.05) is 17.0 Å². The van der Waals surface area contributed by atoms with E-state index < -0.39 is 0 Å². The number of phenolic OH excluding ortho intramolecular Hbond substituents is 1. The summed E-state index contributed by atoms with van der Waals surface area (Å²) >= 11 is 0. The average Bonchev–Trinajstić information content (AvgIpc) is 2.71. The minimum Gasteiger partial charge on any atom is -0.508 e. The fourth-order valence-corrected chi connectivity index (χ4v) is 1.93. The number of phenols is 1. The summed E-state index contributed by atoms with van der Waals surface area (Å²) in [7, 11) is 0. The first-order valence-corrected chi connectivity index (χ1v) is 5.39. The maximum Gasteiger partial charge on any atom is 0.171 e. The highest BCUT2D eigenvalue weighted by Gasteiger charge is 2.10. The monoisotopic (exact) mass is 225 g/mol. The standard InChI is InChI=1S/C14H11NO2/c1-9-3-2-4-10(7-9)14-12-6-5-11(16)8-13(12)17-15-14/h2-8,16H,1H3. The summed E-state index contributed by atoms with van der Waals surface area (Å²) in [5.74, 6) is 0.185. The Kier molecular flexibility index (Phi) is 2.11. The Bertz CT molecular complexity index is 686. The smallest absolute Gasteiger partial charge is 0.171 e. The Labute approximate surface area is 98.3 Å². The molecule has 0 unspecified atom stereocenters. The number of hydrogen-bond acceptors (Lipinski definition) is 3. The first-order chi connectivity index (χ1) is 8.24. The maximum atomic E-state index is 9.37. The van der Waals surface area contributed by atoms with E-state index in [9.17, 15) is 5.11 Å². The Hall–Kier alpha value is -2.29. The maximum absolute atomic E-state index is 9.37. The first-order valence-electron chi connectivity index (χ1n) is 5.39. The van der Waals surface area contributed by atoms with E-state index in [4.69, 9.17) is 4.52 Å². The zero-order valence-electron chi connectivity index (χ0n) is 9.34. The van der Waals surface area contributed by atoms with Crippen LogP contribution in [0.1, 0.15) is 5.56 Å². The minimum atomic E-state index is 0.185. The molecule has 0 atom stereocenters. The fourth-order valence-electron chi connectivity index (χ4n) is 1.93. The molecule has 3 rings (SSSR count). The normalized spacial score (nSPS) is 10.9. The van der Waals surface area contributed by atoms with Crippen LogP contribution in [-0.2, 0) is 0 Å². The Balaban J connectivity index is 2.24. The summed E-state index contributed by atoms with van der Waals surface area (Å²) in [6.07, 6.45) is 0. The van der Waals surface area contributed by atoms with E-state index in [1.54, 1.807) is 12.1 Å². The van der Waals surface area contributed by atoms with Crippen molar-refractivity contribution in [3.05, 3.63) is 48.0 Å². The highest BCUT2D eigenvalue weighted by atomic mass is 16.5.